The van der Waals surface area contributed by atoms with E-state index in [4.69, 9.17) is 9.47 Å². The minimum Gasteiger partial charge on any atom is -0.462 e. The molecule has 0 aliphatic heterocycles. The molecule has 0 aromatic carbocycles. The minimum absolute atomic E-state index is 0.111. The first-order chi connectivity index (χ1) is 10.0. The van der Waals surface area contributed by atoms with E-state index in [-0.39, 0.29) is 17.9 Å². The Bertz CT molecular complexity index is 290. The number of methoxy groups -OCH3 is 1. The van der Waals surface area contributed by atoms with E-state index in [1.54, 1.807) is 14.0 Å². The molecular formula is C16H30O5. The molecule has 0 aromatic heterocycles. The number of carbonyl (C=O) groups is 2. The lowest BCUT2D eigenvalue weighted by atomic mass is 10.0. The topological polar surface area (TPSA) is 72.8 Å². The summed E-state index contributed by atoms with van der Waals surface area (Å²) in [4.78, 5) is 23.1. The molecule has 0 aliphatic rings. The first kappa shape index (κ1) is 20.1. The molecule has 0 rings (SSSR count). The number of aliphatic hydroxyl groups excluding tert-OH is 1. The fraction of sp³-hybridized carbons (Fsp3) is 0.875. The van der Waals surface area contributed by atoms with Gasteiger partial charge >= 0.3 is 5.97 Å². The van der Waals surface area contributed by atoms with E-state index in [0.29, 0.717) is 45.1 Å². The van der Waals surface area contributed by atoms with Gasteiger partial charge in [0.15, 0.2) is 0 Å². The maximum atomic E-state index is 11.8. The maximum absolute atomic E-state index is 11.8. The van der Waals surface area contributed by atoms with Crippen LogP contribution in [0.2, 0.25) is 0 Å². The van der Waals surface area contributed by atoms with Crippen LogP contribution in [0, 0.1) is 0 Å². The second kappa shape index (κ2) is 12.8. The van der Waals surface area contributed by atoms with E-state index in [0.717, 1.165) is 12.8 Å². The summed E-state index contributed by atoms with van der Waals surface area (Å²) in [5.41, 5.74) is 0. The van der Waals surface area contributed by atoms with Crippen molar-refractivity contribution in [2.24, 2.45) is 0 Å². The van der Waals surface area contributed by atoms with Crippen LogP contribution >= 0.6 is 0 Å². The number of Topliss-reactive ketones (excluding diaryl/α,β-unsaturated/α-hetero) is 1. The molecule has 0 saturated carbocycles. The van der Waals surface area contributed by atoms with Gasteiger partial charge in [0.1, 0.15) is 11.9 Å². The molecule has 2 unspecified atom stereocenters. The number of hydrogen-bond donors (Lipinski definition) is 1. The molecule has 0 amide bonds. The first-order valence-corrected chi connectivity index (χ1v) is 7.91. The predicted octanol–water partition coefficient (Wildman–Crippen LogP) is 2.64. The highest BCUT2D eigenvalue weighted by Gasteiger charge is 2.15. The molecule has 0 heterocycles. The summed E-state index contributed by atoms with van der Waals surface area (Å²) in [5, 5.41) is 9.64. The molecular weight excluding hydrogens is 272 g/mol. The SMILES string of the molecule is CCCC(CCC(=O)CCC(O)CCOC)OC(=O)CC. The van der Waals surface area contributed by atoms with Gasteiger partial charge in [-0.3, -0.25) is 9.59 Å². The lowest BCUT2D eigenvalue weighted by molar-refractivity contribution is -0.149. The summed E-state index contributed by atoms with van der Waals surface area (Å²) in [6.07, 6.45) is 3.78. The molecule has 2 atom stereocenters. The van der Waals surface area contributed by atoms with Crippen molar-refractivity contribution < 1.29 is 24.2 Å². The lowest BCUT2D eigenvalue weighted by Crippen LogP contribution is -2.19. The van der Waals surface area contributed by atoms with E-state index in [9.17, 15) is 14.7 Å². The summed E-state index contributed by atoms with van der Waals surface area (Å²) < 4.78 is 10.2. The Kier molecular flexibility index (Phi) is 12.2. The number of carbonyl (C=O) groups excluding carboxylic acids is 2. The number of rotatable bonds is 13. The van der Waals surface area contributed by atoms with Crippen LogP contribution in [-0.2, 0) is 19.1 Å². The van der Waals surface area contributed by atoms with Gasteiger partial charge in [0.25, 0.3) is 0 Å². The third-order valence-electron chi connectivity index (χ3n) is 3.35. The number of ether oxygens (including phenoxy) is 2. The highest BCUT2D eigenvalue weighted by Crippen LogP contribution is 2.13. The van der Waals surface area contributed by atoms with Crippen LogP contribution in [0.25, 0.3) is 0 Å². The Balaban J connectivity index is 3.93. The molecule has 0 aliphatic carbocycles. The van der Waals surface area contributed by atoms with Gasteiger partial charge in [0.2, 0.25) is 0 Å². The van der Waals surface area contributed by atoms with Gasteiger partial charge in [-0.25, -0.2) is 0 Å². The molecule has 0 bridgehead atoms. The van der Waals surface area contributed by atoms with Crippen LogP contribution in [0.15, 0.2) is 0 Å². The largest absolute Gasteiger partial charge is 0.462 e. The molecule has 0 spiro atoms. The van der Waals surface area contributed by atoms with Gasteiger partial charge in [-0.05, 0) is 25.7 Å². The van der Waals surface area contributed by atoms with Crippen molar-refractivity contribution in [2.75, 3.05) is 13.7 Å². The summed E-state index contributed by atoms with van der Waals surface area (Å²) in [6.45, 7) is 4.29. The second-order valence-electron chi connectivity index (χ2n) is 5.31. The van der Waals surface area contributed by atoms with Crippen LogP contribution in [-0.4, -0.2) is 42.8 Å². The zero-order valence-corrected chi connectivity index (χ0v) is 13.6. The fourth-order valence-electron chi connectivity index (χ4n) is 2.03. The monoisotopic (exact) mass is 302 g/mol. The molecule has 0 saturated heterocycles. The average Bonchev–Trinajstić information content (AvgIpc) is 2.48. The lowest BCUT2D eigenvalue weighted by Gasteiger charge is -2.16. The van der Waals surface area contributed by atoms with Gasteiger partial charge in [-0.2, -0.15) is 0 Å². The van der Waals surface area contributed by atoms with E-state index < -0.39 is 6.10 Å². The van der Waals surface area contributed by atoms with E-state index >= 15 is 0 Å². The zero-order valence-electron chi connectivity index (χ0n) is 13.6. The van der Waals surface area contributed by atoms with Crippen LogP contribution in [0.3, 0.4) is 0 Å². The van der Waals surface area contributed by atoms with Crippen molar-refractivity contribution in [3.63, 3.8) is 0 Å². The van der Waals surface area contributed by atoms with E-state index in [1.807, 2.05) is 6.92 Å². The number of esters is 1. The van der Waals surface area contributed by atoms with Crippen molar-refractivity contribution in [3.05, 3.63) is 0 Å². The minimum atomic E-state index is -0.488. The molecule has 21 heavy (non-hydrogen) atoms. The average molecular weight is 302 g/mol. The van der Waals surface area contributed by atoms with Crippen LogP contribution in [0.5, 0.6) is 0 Å². The van der Waals surface area contributed by atoms with Crippen molar-refractivity contribution in [1.82, 2.24) is 0 Å². The molecule has 5 nitrogen and oxygen atoms in total. The first-order valence-electron chi connectivity index (χ1n) is 7.91. The highest BCUT2D eigenvalue weighted by atomic mass is 16.5. The number of ketones is 1. The summed E-state index contributed by atoms with van der Waals surface area (Å²) in [5.74, 6) is -0.101. The van der Waals surface area contributed by atoms with Gasteiger partial charge in [0.05, 0.1) is 6.10 Å². The molecule has 0 fully saturated rings. The highest BCUT2D eigenvalue weighted by molar-refractivity contribution is 5.78. The molecule has 5 heteroatoms. The van der Waals surface area contributed by atoms with Crippen LogP contribution in [0.1, 0.15) is 65.2 Å². The third kappa shape index (κ3) is 11.4. The Morgan fingerprint density at radius 3 is 2.29 bits per heavy atom. The van der Waals surface area contributed by atoms with Crippen LogP contribution < -0.4 is 0 Å². The Hall–Kier alpha value is -0.940. The zero-order chi connectivity index (χ0) is 16.1. The Morgan fingerprint density at radius 1 is 1.05 bits per heavy atom. The fourth-order valence-corrected chi connectivity index (χ4v) is 2.03. The summed E-state index contributed by atoms with van der Waals surface area (Å²) >= 11 is 0. The van der Waals surface area contributed by atoms with Crippen molar-refractivity contribution in [2.45, 2.75) is 77.4 Å². The normalized spacial score (nSPS) is 13.7. The number of aliphatic hydroxyl groups is 1. The Morgan fingerprint density at radius 2 is 1.71 bits per heavy atom. The van der Waals surface area contributed by atoms with Crippen molar-refractivity contribution >= 4 is 11.8 Å². The second-order valence-corrected chi connectivity index (χ2v) is 5.31. The summed E-state index contributed by atoms with van der Waals surface area (Å²) in [7, 11) is 1.59. The Labute approximate surface area is 128 Å². The van der Waals surface area contributed by atoms with Gasteiger partial charge in [-0.15, -0.1) is 0 Å². The quantitative estimate of drug-likeness (QED) is 0.529. The maximum Gasteiger partial charge on any atom is 0.305 e. The van der Waals surface area contributed by atoms with Crippen LogP contribution in [0.4, 0.5) is 0 Å². The van der Waals surface area contributed by atoms with Gasteiger partial charge < -0.3 is 14.6 Å². The smallest absolute Gasteiger partial charge is 0.305 e. The number of hydrogen-bond acceptors (Lipinski definition) is 5. The molecule has 0 radical (unpaired) electrons. The molecule has 124 valence electrons. The predicted molar refractivity (Wildman–Crippen MR) is 81.1 cm³/mol. The molecule has 0 aromatic rings. The van der Waals surface area contributed by atoms with E-state index in [1.165, 1.54) is 0 Å². The van der Waals surface area contributed by atoms with E-state index in [2.05, 4.69) is 0 Å². The third-order valence-corrected chi connectivity index (χ3v) is 3.35. The van der Waals surface area contributed by atoms with Gasteiger partial charge in [0, 0.05) is 33.0 Å². The van der Waals surface area contributed by atoms with Crippen molar-refractivity contribution in [1.29, 1.82) is 0 Å². The summed E-state index contributed by atoms with van der Waals surface area (Å²) in [6, 6.07) is 0. The van der Waals surface area contributed by atoms with Gasteiger partial charge in [-0.1, -0.05) is 20.3 Å². The van der Waals surface area contributed by atoms with Crippen molar-refractivity contribution in [3.8, 4) is 0 Å². The standard InChI is InChI=1S/C16H30O5/c1-4-6-15(21-16(19)5-2)10-9-13(17)7-8-14(18)11-12-20-3/h14-15,18H,4-12H2,1-3H3. The molecule has 1 N–H and O–H groups in total.